The van der Waals surface area contributed by atoms with Gasteiger partial charge in [-0.3, -0.25) is 0 Å². The van der Waals surface area contributed by atoms with Crippen molar-refractivity contribution in [3.63, 3.8) is 0 Å². The molecule has 0 aromatic heterocycles. The molecule has 0 atom stereocenters. The minimum atomic E-state index is 0. The zero-order valence-corrected chi connectivity index (χ0v) is 7.36. The third kappa shape index (κ3) is 18.1. The smallest absolute Gasteiger partial charge is 0.0101 e. The highest BCUT2D eigenvalue weighted by Crippen LogP contribution is 1.66. The van der Waals surface area contributed by atoms with E-state index in [2.05, 4.69) is 24.3 Å². The summed E-state index contributed by atoms with van der Waals surface area (Å²) in [7, 11) is 6.10. The van der Waals surface area contributed by atoms with E-state index in [-0.39, 0.29) is 1.43 Å². The van der Waals surface area contributed by atoms with Crippen LogP contribution in [0.15, 0.2) is 0 Å². The van der Waals surface area contributed by atoms with Gasteiger partial charge in [-0.2, -0.15) is 0 Å². The molecule has 0 aromatic carbocycles. The van der Waals surface area contributed by atoms with Crippen LogP contribution in [0.5, 0.6) is 0 Å². The highest BCUT2D eigenvalue weighted by molar-refractivity contribution is 4.42. The molecule has 0 amide bonds. The maximum Gasteiger partial charge on any atom is 0.0101 e. The lowest BCUT2D eigenvalue weighted by atomic mass is 10.6. The summed E-state index contributed by atoms with van der Waals surface area (Å²) in [6, 6.07) is 0. The van der Waals surface area contributed by atoms with Crippen molar-refractivity contribution >= 4 is 0 Å². The van der Waals surface area contributed by atoms with Crippen LogP contribution >= 0.6 is 0 Å². The highest BCUT2D eigenvalue weighted by atomic mass is 15.1. The molecule has 0 rings (SSSR count). The normalized spacial score (nSPS) is 8.67. The highest BCUT2D eigenvalue weighted by Gasteiger charge is 1.82. The summed E-state index contributed by atoms with van der Waals surface area (Å²) in [5, 5.41) is 3.06. The van der Waals surface area contributed by atoms with Gasteiger partial charge in [0.25, 0.3) is 0 Å². The van der Waals surface area contributed by atoms with Crippen LogP contribution in [-0.4, -0.2) is 39.1 Å². The first-order chi connectivity index (χ1) is 4.27. The molecule has 2 heteroatoms. The number of hydrogen-bond donors (Lipinski definition) is 1. The van der Waals surface area contributed by atoms with E-state index >= 15 is 0 Å². The van der Waals surface area contributed by atoms with Crippen LogP contribution in [0.1, 0.15) is 15.3 Å². The molecule has 0 heterocycles. The fourth-order valence-corrected chi connectivity index (χ4v) is 0.335. The van der Waals surface area contributed by atoms with Crippen molar-refractivity contribution in [3.8, 4) is 0 Å². The Morgan fingerprint density at radius 2 is 1.78 bits per heavy atom. The predicted molar refractivity (Wildman–Crippen MR) is 45.9 cm³/mol. The minimum Gasteiger partial charge on any atom is -0.318 e. The number of nitrogens with zero attached hydrogens (tertiary/aromatic N) is 1. The van der Waals surface area contributed by atoms with Gasteiger partial charge >= 0.3 is 0 Å². The van der Waals surface area contributed by atoms with Gasteiger partial charge in [-0.25, -0.2) is 0 Å². The Kier molecular flexibility index (Phi) is 14.0. The first-order valence-electron chi connectivity index (χ1n) is 3.56. The summed E-state index contributed by atoms with van der Waals surface area (Å²) in [6.45, 7) is 6.20. The summed E-state index contributed by atoms with van der Waals surface area (Å²) < 4.78 is 0. The topological polar surface area (TPSA) is 15.3 Å². The number of hydrogen-bond acceptors (Lipinski definition) is 2. The summed E-state index contributed by atoms with van der Waals surface area (Å²) in [5.74, 6) is 0. The van der Waals surface area contributed by atoms with E-state index in [1.807, 2.05) is 20.9 Å². The first-order valence-corrected chi connectivity index (χ1v) is 3.56. The lowest BCUT2D eigenvalue weighted by molar-refractivity contribution is 0.407. The van der Waals surface area contributed by atoms with Crippen LogP contribution in [0, 0.1) is 0 Å². The minimum absolute atomic E-state index is 0. The largest absolute Gasteiger partial charge is 0.318 e. The fraction of sp³-hybridized carbons (Fsp3) is 1.00. The molecule has 1 N–H and O–H groups in total. The predicted octanol–water partition coefficient (Wildman–Crippen LogP) is 1.04. The third-order valence-electron chi connectivity index (χ3n) is 0.809. The Balaban J connectivity index is -0.000000149. The molecule has 0 radical (unpaired) electrons. The Labute approximate surface area is 60.7 Å². The summed E-state index contributed by atoms with van der Waals surface area (Å²) in [5.41, 5.74) is 0. The van der Waals surface area contributed by atoms with Crippen LogP contribution in [0.2, 0.25) is 0 Å². The first kappa shape index (κ1) is 11.7. The van der Waals surface area contributed by atoms with Gasteiger partial charge in [0, 0.05) is 14.5 Å². The molecule has 0 unspecified atom stereocenters. The van der Waals surface area contributed by atoms with Gasteiger partial charge in [-0.05, 0) is 21.1 Å². The van der Waals surface area contributed by atoms with Gasteiger partial charge in [0.05, 0.1) is 0 Å². The zero-order valence-electron chi connectivity index (χ0n) is 7.36. The Hall–Kier alpha value is -0.0800. The van der Waals surface area contributed by atoms with Crippen molar-refractivity contribution in [3.05, 3.63) is 0 Å². The van der Waals surface area contributed by atoms with Crippen molar-refractivity contribution in [2.75, 3.05) is 34.2 Å². The van der Waals surface area contributed by atoms with Gasteiger partial charge in [-0.15, -0.1) is 0 Å². The molecule has 0 bridgehead atoms. The second kappa shape index (κ2) is 10.8. The molecule has 0 saturated heterocycles. The Bertz CT molecular complexity index is 40.6. The SMILES string of the molecule is CC.CNCCN(C)C.[HH]. The molecule has 0 aliphatic carbocycles. The second-order valence-corrected chi connectivity index (χ2v) is 1.91. The average molecular weight is 134 g/mol. The van der Waals surface area contributed by atoms with E-state index < -0.39 is 0 Å². The standard InChI is InChI=1S/C5H14N2.C2H6.H2/c1-6-4-5-7(2)3;1-2;/h6H,4-5H2,1-3H3;1-2H3;1H. The van der Waals surface area contributed by atoms with Gasteiger partial charge in [0.1, 0.15) is 0 Å². The number of nitrogens with one attached hydrogen (secondary N) is 1. The molecule has 0 fully saturated rings. The lowest BCUT2D eigenvalue weighted by Gasteiger charge is -2.06. The molecule has 0 spiro atoms. The van der Waals surface area contributed by atoms with E-state index in [4.69, 9.17) is 0 Å². The average Bonchev–Trinajstić information content (AvgIpc) is 1.88. The van der Waals surface area contributed by atoms with Gasteiger partial charge in [0.15, 0.2) is 0 Å². The van der Waals surface area contributed by atoms with Gasteiger partial charge in [-0.1, -0.05) is 13.8 Å². The van der Waals surface area contributed by atoms with Gasteiger partial charge in [0.2, 0.25) is 0 Å². The van der Waals surface area contributed by atoms with Crippen molar-refractivity contribution in [1.82, 2.24) is 10.2 Å². The molecular weight excluding hydrogens is 112 g/mol. The van der Waals surface area contributed by atoms with Crippen molar-refractivity contribution in [2.24, 2.45) is 0 Å². The number of rotatable bonds is 3. The van der Waals surface area contributed by atoms with Crippen molar-refractivity contribution < 1.29 is 1.43 Å². The van der Waals surface area contributed by atoms with Crippen molar-refractivity contribution in [1.29, 1.82) is 0 Å². The number of likely N-dealkylation sites (N-methyl/N-ethyl adjacent to an activating group) is 2. The molecule has 0 aliphatic heterocycles. The Morgan fingerprint density at radius 3 is 1.89 bits per heavy atom. The monoisotopic (exact) mass is 134 g/mol. The lowest BCUT2D eigenvalue weighted by Crippen LogP contribution is -2.23. The third-order valence-corrected chi connectivity index (χ3v) is 0.809. The van der Waals surface area contributed by atoms with Gasteiger partial charge < -0.3 is 10.2 Å². The van der Waals surface area contributed by atoms with Crippen LogP contribution in [0.4, 0.5) is 0 Å². The van der Waals surface area contributed by atoms with E-state index in [9.17, 15) is 0 Å². The van der Waals surface area contributed by atoms with E-state index in [0.29, 0.717) is 0 Å². The summed E-state index contributed by atoms with van der Waals surface area (Å²) >= 11 is 0. The molecule has 0 aliphatic rings. The maximum absolute atomic E-state index is 3.06. The summed E-state index contributed by atoms with van der Waals surface area (Å²) in [6.07, 6.45) is 0. The quantitative estimate of drug-likeness (QED) is 0.620. The molecule has 0 saturated carbocycles. The zero-order chi connectivity index (χ0) is 7.70. The second-order valence-electron chi connectivity index (χ2n) is 1.91. The van der Waals surface area contributed by atoms with E-state index in [1.165, 1.54) is 0 Å². The van der Waals surface area contributed by atoms with Crippen LogP contribution in [-0.2, 0) is 0 Å². The molecule has 60 valence electrons. The van der Waals surface area contributed by atoms with E-state index in [1.54, 1.807) is 0 Å². The van der Waals surface area contributed by atoms with Crippen molar-refractivity contribution in [2.45, 2.75) is 13.8 Å². The van der Waals surface area contributed by atoms with Crippen LogP contribution < -0.4 is 5.32 Å². The fourth-order valence-electron chi connectivity index (χ4n) is 0.335. The molecule has 2 nitrogen and oxygen atoms in total. The molecule has 9 heavy (non-hydrogen) atoms. The van der Waals surface area contributed by atoms with Crippen LogP contribution in [0.3, 0.4) is 0 Å². The maximum atomic E-state index is 3.06. The summed E-state index contributed by atoms with van der Waals surface area (Å²) in [4.78, 5) is 2.15. The Morgan fingerprint density at radius 1 is 1.33 bits per heavy atom. The molecular formula is C7H22N2. The van der Waals surface area contributed by atoms with E-state index in [0.717, 1.165) is 13.1 Å². The van der Waals surface area contributed by atoms with Crippen LogP contribution in [0.25, 0.3) is 0 Å². The molecule has 0 aromatic rings.